The number of rotatable bonds is 4. The van der Waals surface area contributed by atoms with E-state index in [2.05, 4.69) is 11.4 Å². The molecule has 0 spiro atoms. The first-order valence-corrected chi connectivity index (χ1v) is 12.2. The largest absolute Gasteiger partial charge is 0.444 e. The lowest BCUT2D eigenvalue weighted by molar-refractivity contribution is -0.115. The maximum Gasteiger partial charge on any atom is 0.410 e. The number of thiophene rings is 1. The molecule has 0 unspecified atom stereocenters. The van der Waals surface area contributed by atoms with E-state index in [-0.39, 0.29) is 23.8 Å². The molecule has 0 aliphatic carbocycles. The number of nitrogens with two attached hydrogens (primary N) is 1. The first-order chi connectivity index (χ1) is 14.9. The van der Waals surface area contributed by atoms with Gasteiger partial charge in [-0.25, -0.2) is 18.4 Å². The van der Waals surface area contributed by atoms with Crippen LogP contribution in [-0.4, -0.2) is 37.5 Å². The number of nitriles is 1. The van der Waals surface area contributed by atoms with Crippen molar-refractivity contribution in [2.45, 2.75) is 50.7 Å². The van der Waals surface area contributed by atoms with Gasteiger partial charge < -0.3 is 15.0 Å². The van der Waals surface area contributed by atoms with Crippen LogP contribution in [0, 0.1) is 11.3 Å². The summed E-state index contributed by atoms with van der Waals surface area (Å²) < 4.78 is 28.1. The van der Waals surface area contributed by atoms with Gasteiger partial charge in [-0.3, -0.25) is 4.79 Å². The van der Waals surface area contributed by atoms with E-state index in [1.807, 2.05) is 0 Å². The number of ether oxygens (including phenoxy) is 1. The van der Waals surface area contributed by atoms with Crippen molar-refractivity contribution in [3.05, 3.63) is 45.8 Å². The number of sulfonamides is 1. The molecule has 32 heavy (non-hydrogen) atoms. The number of benzene rings is 1. The molecule has 1 aromatic heterocycles. The number of nitrogens with one attached hydrogen (secondary N) is 1. The minimum Gasteiger partial charge on any atom is -0.444 e. The first-order valence-electron chi connectivity index (χ1n) is 9.81. The molecule has 0 bridgehead atoms. The molecule has 2 heterocycles. The third kappa shape index (κ3) is 5.64. The molecule has 0 fully saturated rings. The van der Waals surface area contributed by atoms with E-state index in [1.54, 1.807) is 25.7 Å². The van der Waals surface area contributed by atoms with E-state index >= 15 is 0 Å². The van der Waals surface area contributed by atoms with Gasteiger partial charge in [0.15, 0.2) is 0 Å². The molecule has 0 radical (unpaired) electrons. The van der Waals surface area contributed by atoms with Crippen LogP contribution in [0.4, 0.5) is 9.80 Å². The normalized spacial score (nSPS) is 13.8. The summed E-state index contributed by atoms with van der Waals surface area (Å²) in [5.41, 5.74) is 1.06. The van der Waals surface area contributed by atoms with Gasteiger partial charge in [-0.2, -0.15) is 5.26 Å². The third-order valence-electron chi connectivity index (χ3n) is 4.68. The molecule has 3 N–H and O–H groups in total. The Morgan fingerprint density at radius 1 is 1.28 bits per heavy atom. The van der Waals surface area contributed by atoms with Crippen LogP contribution in [0.25, 0.3) is 0 Å². The summed E-state index contributed by atoms with van der Waals surface area (Å²) in [4.78, 5) is 27.4. The number of hydrogen-bond donors (Lipinski definition) is 2. The van der Waals surface area contributed by atoms with Crippen molar-refractivity contribution in [3.8, 4) is 6.07 Å². The summed E-state index contributed by atoms with van der Waals surface area (Å²) in [6, 6.07) is 7.86. The maximum atomic E-state index is 12.5. The predicted octanol–water partition coefficient (Wildman–Crippen LogP) is 2.74. The molecule has 2 amide bonds. The van der Waals surface area contributed by atoms with Crippen LogP contribution in [0.5, 0.6) is 0 Å². The number of carbonyl (C=O) groups is 2. The van der Waals surface area contributed by atoms with Gasteiger partial charge in [0, 0.05) is 23.4 Å². The number of anilines is 1. The molecular weight excluding hydrogens is 452 g/mol. The molecule has 1 aliphatic heterocycles. The SMILES string of the molecule is CC(C)(C)OC(=O)N1CCc2sc(NC(=O)Cc3ccc(S(N)(=O)=O)cc3)c(C#N)c2C1. The fraction of sp³-hybridized carbons (Fsp3) is 0.381. The second-order valence-corrected chi connectivity index (χ2v) is 11.1. The zero-order valence-electron chi connectivity index (χ0n) is 18.0. The highest BCUT2D eigenvalue weighted by molar-refractivity contribution is 7.89. The molecule has 1 aromatic carbocycles. The summed E-state index contributed by atoms with van der Waals surface area (Å²) in [6.07, 6.45) is 0.132. The number of fused-ring (bicyclic) bond motifs is 1. The molecule has 0 saturated heterocycles. The molecule has 170 valence electrons. The van der Waals surface area contributed by atoms with Gasteiger partial charge >= 0.3 is 6.09 Å². The van der Waals surface area contributed by atoms with Crippen LogP contribution in [0.15, 0.2) is 29.2 Å². The molecule has 9 nitrogen and oxygen atoms in total. The van der Waals surface area contributed by atoms with E-state index in [0.717, 1.165) is 10.4 Å². The summed E-state index contributed by atoms with van der Waals surface area (Å²) in [5.74, 6) is -0.340. The molecule has 11 heteroatoms. The van der Waals surface area contributed by atoms with Crippen LogP contribution >= 0.6 is 11.3 Å². The lowest BCUT2D eigenvalue weighted by atomic mass is 10.1. The Bertz CT molecular complexity index is 1190. The Kier molecular flexibility index (Phi) is 6.59. The van der Waals surface area contributed by atoms with Crippen LogP contribution in [0.1, 0.15) is 42.3 Å². The van der Waals surface area contributed by atoms with E-state index in [1.165, 1.54) is 35.6 Å². The van der Waals surface area contributed by atoms with Crippen LogP contribution in [0.2, 0.25) is 0 Å². The highest BCUT2D eigenvalue weighted by Crippen LogP contribution is 2.37. The van der Waals surface area contributed by atoms with E-state index in [4.69, 9.17) is 9.88 Å². The van der Waals surface area contributed by atoms with Gasteiger partial charge in [-0.05, 0) is 38.5 Å². The summed E-state index contributed by atoms with van der Waals surface area (Å²) in [5, 5.41) is 18.0. The van der Waals surface area contributed by atoms with Crippen molar-refractivity contribution in [3.63, 3.8) is 0 Å². The molecule has 0 saturated carbocycles. The topological polar surface area (TPSA) is 143 Å². The third-order valence-corrected chi connectivity index (χ3v) is 6.82. The highest BCUT2D eigenvalue weighted by atomic mass is 32.2. The Labute approximate surface area is 190 Å². The average Bonchev–Trinajstić information content (AvgIpc) is 3.02. The van der Waals surface area contributed by atoms with Gasteiger partial charge in [0.2, 0.25) is 15.9 Å². The van der Waals surface area contributed by atoms with Crippen LogP contribution in [-0.2, 0) is 38.9 Å². The quantitative estimate of drug-likeness (QED) is 0.695. The van der Waals surface area contributed by atoms with Crippen molar-refractivity contribution in [2.24, 2.45) is 5.14 Å². The van der Waals surface area contributed by atoms with Gasteiger partial charge in [0.05, 0.1) is 23.4 Å². The van der Waals surface area contributed by atoms with Crippen molar-refractivity contribution >= 4 is 38.4 Å². The smallest absolute Gasteiger partial charge is 0.410 e. The minimum atomic E-state index is -3.80. The first kappa shape index (κ1) is 23.7. The fourth-order valence-electron chi connectivity index (χ4n) is 3.23. The van der Waals surface area contributed by atoms with Crippen molar-refractivity contribution in [1.29, 1.82) is 5.26 Å². The van der Waals surface area contributed by atoms with Gasteiger partial charge in [-0.15, -0.1) is 11.3 Å². The van der Waals surface area contributed by atoms with Crippen molar-refractivity contribution < 1.29 is 22.7 Å². The van der Waals surface area contributed by atoms with Crippen molar-refractivity contribution in [1.82, 2.24) is 4.90 Å². The number of hydrogen-bond acceptors (Lipinski definition) is 7. The van der Waals surface area contributed by atoms with Crippen LogP contribution in [0.3, 0.4) is 0 Å². The zero-order valence-corrected chi connectivity index (χ0v) is 19.6. The Morgan fingerprint density at radius 3 is 2.50 bits per heavy atom. The van der Waals surface area contributed by atoms with E-state index < -0.39 is 21.7 Å². The lowest BCUT2D eigenvalue weighted by Gasteiger charge is -2.30. The monoisotopic (exact) mass is 476 g/mol. The average molecular weight is 477 g/mol. The van der Waals surface area contributed by atoms with E-state index in [0.29, 0.717) is 29.1 Å². The number of primary sulfonamides is 1. The summed E-state index contributed by atoms with van der Waals surface area (Å²) in [6.45, 7) is 6.09. The molecule has 2 aromatic rings. The summed E-state index contributed by atoms with van der Waals surface area (Å²) >= 11 is 1.33. The van der Waals surface area contributed by atoms with Crippen molar-refractivity contribution in [2.75, 3.05) is 11.9 Å². The Hall–Kier alpha value is -2.94. The lowest BCUT2D eigenvalue weighted by Crippen LogP contribution is -2.39. The fourth-order valence-corrected chi connectivity index (χ4v) is 4.91. The molecular formula is C21H24N4O5S2. The maximum absolute atomic E-state index is 12.5. The van der Waals surface area contributed by atoms with Gasteiger partial charge in [0.25, 0.3) is 0 Å². The number of amides is 2. The number of carbonyl (C=O) groups excluding carboxylic acids is 2. The zero-order chi connectivity index (χ0) is 23.7. The highest BCUT2D eigenvalue weighted by Gasteiger charge is 2.30. The summed E-state index contributed by atoms with van der Waals surface area (Å²) in [7, 11) is -3.80. The minimum absolute atomic E-state index is 0.00235. The second kappa shape index (κ2) is 8.90. The molecule has 3 rings (SSSR count). The Morgan fingerprint density at radius 2 is 1.94 bits per heavy atom. The Balaban J connectivity index is 1.72. The predicted molar refractivity (Wildman–Crippen MR) is 120 cm³/mol. The second-order valence-electron chi connectivity index (χ2n) is 8.39. The van der Waals surface area contributed by atoms with E-state index in [9.17, 15) is 23.3 Å². The molecule has 1 aliphatic rings. The van der Waals surface area contributed by atoms with Gasteiger partial charge in [-0.1, -0.05) is 12.1 Å². The number of nitrogens with zero attached hydrogens (tertiary/aromatic N) is 2. The van der Waals surface area contributed by atoms with Gasteiger partial charge in [0.1, 0.15) is 16.7 Å². The van der Waals surface area contributed by atoms with Crippen LogP contribution < -0.4 is 10.5 Å². The standard InChI is InChI=1S/C21H24N4O5S2/c1-21(2,3)30-20(27)25-9-8-17-16(12-25)15(11-22)19(31-17)24-18(26)10-13-4-6-14(7-5-13)32(23,28)29/h4-7H,8-10,12H2,1-3H3,(H,24,26)(H2,23,28,29). The molecule has 0 atom stereocenters.